The molecule has 0 fully saturated rings. The van der Waals surface area contributed by atoms with Crippen LogP contribution in [0.5, 0.6) is 0 Å². The number of amides is 2. The van der Waals surface area contributed by atoms with Gasteiger partial charge in [-0.2, -0.15) is 0 Å². The van der Waals surface area contributed by atoms with Gasteiger partial charge in [-0.15, -0.1) is 11.3 Å². The first-order valence-electron chi connectivity index (χ1n) is 7.79. The second-order valence-electron chi connectivity index (χ2n) is 5.28. The number of para-hydroxylation sites is 1. The number of rotatable bonds is 5. The second-order valence-corrected chi connectivity index (χ2v) is 6.22. The van der Waals surface area contributed by atoms with Gasteiger partial charge in [0.1, 0.15) is 0 Å². The van der Waals surface area contributed by atoms with E-state index in [1.165, 1.54) is 6.08 Å². The summed E-state index contributed by atoms with van der Waals surface area (Å²) in [6.07, 6.45) is 3.00. The molecule has 0 atom stereocenters. The van der Waals surface area contributed by atoms with Gasteiger partial charge in [0.2, 0.25) is 5.91 Å². The number of fused-ring (bicyclic) bond motifs is 1. The molecule has 0 radical (unpaired) electrons. The minimum atomic E-state index is -0.205. The predicted octanol–water partition coefficient (Wildman–Crippen LogP) is 3.00. The molecular weight excluding hydrogens is 334 g/mol. The van der Waals surface area contributed by atoms with Crippen molar-refractivity contribution < 1.29 is 9.59 Å². The van der Waals surface area contributed by atoms with Gasteiger partial charge in [0.15, 0.2) is 0 Å². The molecule has 0 unspecified atom stereocenters. The number of benzene rings is 1. The maximum Gasteiger partial charge on any atom is 0.252 e. The van der Waals surface area contributed by atoms with Crippen LogP contribution in [0.3, 0.4) is 0 Å². The maximum atomic E-state index is 12.6. The first-order valence-corrected chi connectivity index (χ1v) is 8.67. The van der Waals surface area contributed by atoms with E-state index in [-0.39, 0.29) is 18.4 Å². The average Bonchev–Trinajstić information content (AvgIpc) is 3.18. The zero-order valence-electron chi connectivity index (χ0n) is 13.7. The van der Waals surface area contributed by atoms with Crippen molar-refractivity contribution in [1.29, 1.82) is 0 Å². The lowest BCUT2D eigenvalue weighted by atomic mass is 10.1. The van der Waals surface area contributed by atoms with Crippen LogP contribution in [0.25, 0.3) is 21.5 Å². The van der Waals surface area contributed by atoms with Crippen molar-refractivity contribution in [2.75, 3.05) is 13.6 Å². The highest BCUT2D eigenvalue weighted by Crippen LogP contribution is 2.27. The predicted molar refractivity (Wildman–Crippen MR) is 101 cm³/mol. The van der Waals surface area contributed by atoms with E-state index < -0.39 is 0 Å². The number of carbonyl (C=O) groups is 2. The van der Waals surface area contributed by atoms with Gasteiger partial charge in [0.05, 0.1) is 21.7 Å². The third-order valence-corrected chi connectivity index (χ3v) is 4.52. The van der Waals surface area contributed by atoms with Crippen molar-refractivity contribution in [3.8, 4) is 10.6 Å². The summed E-state index contributed by atoms with van der Waals surface area (Å²) in [7, 11) is 1.56. The van der Waals surface area contributed by atoms with Crippen LogP contribution < -0.4 is 10.6 Å². The zero-order chi connectivity index (χ0) is 17.6. The molecule has 6 heteroatoms. The molecular formula is C19H17N3O2S. The van der Waals surface area contributed by atoms with Gasteiger partial charge < -0.3 is 10.6 Å². The van der Waals surface area contributed by atoms with Crippen LogP contribution in [0, 0.1) is 0 Å². The Morgan fingerprint density at radius 2 is 2.04 bits per heavy atom. The maximum absolute atomic E-state index is 12.6. The molecule has 1 aromatic carbocycles. The van der Waals surface area contributed by atoms with Crippen LogP contribution >= 0.6 is 11.3 Å². The van der Waals surface area contributed by atoms with Crippen molar-refractivity contribution >= 4 is 34.1 Å². The first kappa shape index (κ1) is 16.9. The Balaban J connectivity index is 1.90. The van der Waals surface area contributed by atoms with Crippen molar-refractivity contribution in [1.82, 2.24) is 15.6 Å². The summed E-state index contributed by atoms with van der Waals surface area (Å²) in [5.41, 5.74) is 2.13. The number of nitrogens with one attached hydrogen (secondary N) is 2. The third-order valence-electron chi connectivity index (χ3n) is 3.63. The summed E-state index contributed by atoms with van der Waals surface area (Å²) >= 11 is 1.58. The Kier molecular flexibility index (Phi) is 5.20. The van der Waals surface area contributed by atoms with Crippen LogP contribution in [0.2, 0.25) is 0 Å². The zero-order valence-corrected chi connectivity index (χ0v) is 14.5. The molecule has 3 rings (SSSR count). The Hall–Kier alpha value is -2.99. The molecule has 2 heterocycles. The molecule has 0 saturated heterocycles. The summed E-state index contributed by atoms with van der Waals surface area (Å²) in [5, 5.41) is 8.08. The molecule has 5 nitrogen and oxygen atoms in total. The molecule has 0 aliphatic carbocycles. The van der Waals surface area contributed by atoms with E-state index in [4.69, 9.17) is 0 Å². The van der Waals surface area contributed by atoms with Crippen LogP contribution in [-0.4, -0.2) is 30.4 Å². The van der Waals surface area contributed by atoms with E-state index in [0.29, 0.717) is 5.56 Å². The summed E-state index contributed by atoms with van der Waals surface area (Å²) in [5.74, 6) is -0.401. The largest absolute Gasteiger partial charge is 0.356 e. The van der Waals surface area contributed by atoms with Gasteiger partial charge in [0, 0.05) is 25.1 Å². The number of hydrogen-bond acceptors (Lipinski definition) is 4. The van der Waals surface area contributed by atoms with Gasteiger partial charge in [-0.25, -0.2) is 4.98 Å². The lowest BCUT2D eigenvalue weighted by Gasteiger charge is -2.09. The van der Waals surface area contributed by atoms with E-state index in [1.807, 2.05) is 47.8 Å². The fourth-order valence-corrected chi connectivity index (χ4v) is 3.10. The van der Waals surface area contributed by atoms with Gasteiger partial charge in [-0.05, 0) is 23.6 Å². The molecule has 2 aromatic heterocycles. The number of thiophene rings is 1. The van der Waals surface area contributed by atoms with Crippen molar-refractivity contribution in [2.24, 2.45) is 0 Å². The number of nitrogens with zero attached hydrogens (tertiary/aromatic N) is 1. The number of carbonyl (C=O) groups excluding carboxylic acids is 2. The summed E-state index contributed by atoms with van der Waals surface area (Å²) in [6, 6.07) is 13.3. The Bertz CT molecular complexity index is 933. The second kappa shape index (κ2) is 7.72. The van der Waals surface area contributed by atoms with Crippen molar-refractivity contribution in [3.05, 3.63) is 65.6 Å². The number of hydrogen-bond donors (Lipinski definition) is 2. The lowest BCUT2D eigenvalue weighted by Crippen LogP contribution is -2.24. The smallest absolute Gasteiger partial charge is 0.252 e. The fraction of sp³-hybridized carbons (Fsp3) is 0.105. The van der Waals surface area contributed by atoms with Crippen LogP contribution in [0.4, 0.5) is 0 Å². The topological polar surface area (TPSA) is 71.1 Å². The summed E-state index contributed by atoms with van der Waals surface area (Å²) < 4.78 is 0. The number of likely N-dealkylation sites (N-methyl/N-ethyl adjacent to an activating group) is 1. The molecule has 0 aliphatic rings. The van der Waals surface area contributed by atoms with Crippen LogP contribution in [0.15, 0.2) is 60.0 Å². The fourth-order valence-electron chi connectivity index (χ4n) is 2.41. The Morgan fingerprint density at radius 1 is 1.20 bits per heavy atom. The van der Waals surface area contributed by atoms with Crippen molar-refractivity contribution in [2.45, 2.75) is 0 Å². The van der Waals surface area contributed by atoms with E-state index in [1.54, 1.807) is 24.5 Å². The van der Waals surface area contributed by atoms with Gasteiger partial charge >= 0.3 is 0 Å². The minimum Gasteiger partial charge on any atom is -0.356 e. The molecule has 2 amide bonds. The number of pyridine rings is 1. The summed E-state index contributed by atoms with van der Waals surface area (Å²) in [4.78, 5) is 29.5. The van der Waals surface area contributed by atoms with Gasteiger partial charge in [-0.1, -0.05) is 30.3 Å². The Labute approximate surface area is 149 Å². The summed E-state index contributed by atoms with van der Waals surface area (Å²) in [6.45, 7) is 0.275. The van der Waals surface area contributed by atoms with Gasteiger partial charge in [0.25, 0.3) is 5.91 Å². The normalized spacial score (nSPS) is 10.9. The standard InChI is InChI=1S/C19H17N3O2S/c1-20-18(23)9-4-10-21-19(24)14-12-16(17-8-5-11-25-17)22-15-7-3-2-6-13(14)15/h2-9,11-12H,10H2,1H3,(H,20,23)(H,21,24). The molecule has 0 aliphatic heterocycles. The molecule has 0 bridgehead atoms. The molecule has 126 valence electrons. The quantitative estimate of drug-likeness (QED) is 0.694. The monoisotopic (exact) mass is 351 g/mol. The van der Waals surface area contributed by atoms with Crippen LogP contribution in [0.1, 0.15) is 10.4 Å². The minimum absolute atomic E-state index is 0.196. The van der Waals surface area contributed by atoms with Crippen LogP contribution in [-0.2, 0) is 4.79 Å². The SMILES string of the molecule is CNC(=O)C=CCNC(=O)c1cc(-c2cccs2)nc2ccccc12. The van der Waals surface area contributed by atoms with E-state index in [0.717, 1.165) is 21.5 Å². The number of aromatic nitrogens is 1. The highest BCUT2D eigenvalue weighted by molar-refractivity contribution is 7.13. The van der Waals surface area contributed by atoms with Crippen molar-refractivity contribution in [3.63, 3.8) is 0 Å². The third kappa shape index (κ3) is 3.92. The highest BCUT2D eigenvalue weighted by atomic mass is 32.1. The van der Waals surface area contributed by atoms with E-state index in [9.17, 15) is 9.59 Å². The molecule has 3 aromatic rings. The van der Waals surface area contributed by atoms with E-state index >= 15 is 0 Å². The first-order chi connectivity index (χ1) is 12.2. The molecule has 25 heavy (non-hydrogen) atoms. The molecule has 0 saturated carbocycles. The van der Waals surface area contributed by atoms with Gasteiger partial charge in [-0.3, -0.25) is 9.59 Å². The molecule has 2 N–H and O–H groups in total. The Morgan fingerprint density at radius 3 is 2.80 bits per heavy atom. The molecule has 0 spiro atoms. The average molecular weight is 351 g/mol. The lowest BCUT2D eigenvalue weighted by molar-refractivity contribution is -0.116. The highest BCUT2D eigenvalue weighted by Gasteiger charge is 2.13. The van der Waals surface area contributed by atoms with E-state index in [2.05, 4.69) is 15.6 Å².